The molecule has 4 nitrogen and oxygen atoms in total. The molecule has 0 bridgehead atoms. The Labute approximate surface area is 117 Å². The van der Waals surface area contributed by atoms with E-state index < -0.39 is 11.8 Å². The van der Waals surface area contributed by atoms with E-state index in [9.17, 15) is 9.90 Å². The van der Waals surface area contributed by atoms with Gasteiger partial charge in [-0.15, -0.1) is 0 Å². The van der Waals surface area contributed by atoms with E-state index in [0.717, 1.165) is 51.4 Å². The molecular formula is C15H30O4. The smallest absolute Gasteiger partial charge is 0.364 e. The van der Waals surface area contributed by atoms with E-state index in [-0.39, 0.29) is 0 Å². The van der Waals surface area contributed by atoms with Crippen molar-refractivity contribution >= 4 is 5.97 Å². The molecule has 0 aliphatic carbocycles. The highest BCUT2D eigenvalue weighted by atomic mass is 16.7. The first-order chi connectivity index (χ1) is 9.06. The van der Waals surface area contributed by atoms with Crippen molar-refractivity contribution in [2.45, 2.75) is 77.9 Å². The molecule has 1 N–H and O–H groups in total. The lowest BCUT2D eigenvalue weighted by atomic mass is 10.2. The standard InChI is InChI=1S/C15H30O4/c1-4-6-8-10-12-18-15(3,14(16)17)19-13-11-9-7-5-2/h4-13H2,1-3H3,(H,16,17). The van der Waals surface area contributed by atoms with Gasteiger partial charge in [0.05, 0.1) is 13.2 Å². The molecule has 19 heavy (non-hydrogen) atoms. The average Bonchev–Trinajstić information content (AvgIpc) is 2.38. The molecule has 0 aliphatic heterocycles. The quantitative estimate of drug-likeness (QED) is 0.407. The molecule has 4 heteroatoms. The van der Waals surface area contributed by atoms with Crippen molar-refractivity contribution in [2.24, 2.45) is 0 Å². The zero-order valence-corrected chi connectivity index (χ0v) is 12.7. The molecule has 0 amide bonds. The maximum absolute atomic E-state index is 11.2. The average molecular weight is 274 g/mol. The first-order valence-electron chi connectivity index (χ1n) is 7.58. The van der Waals surface area contributed by atoms with Crippen molar-refractivity contribution < 1.29 is 19.4 Å². The summed E-state index contributed by atoms with van der Waals surface area (Å²) in [5.74, 6) is -2.53. The zero-order chi connectivity index (χ0) is 14.6. The van der Waals surface area contributed by atoms with Crippen molar-refractivity contribution in [3.63, 3.8) is 0 Å². The number of hydrogen-bond donors (Lipinski definition) is 1. The van der Waals surface area contributed by atoms with Gasteiger partial charge in [-0.1, -0.05) is 52.4 Å². The van der Waals surface area contributed by atoms with E-state index in [2.05, 4.69) is 13.8 Å². The number of carboxylic acids is 1. The Balaban J connectivity index is 3.88. The lowest BCUT2D eigenvalue weighted by Gasteiger charge is -2.25. The van der Waals surface area contributed by atoms with Gasteiger partial charge < -0.3 is 14.6 Å². The van der Waals surface area contributed by atoms with Crippen LogP contribution < -0.4 is 0 Å². The van der Waals surface area contributed by atoms with Crippen LogP contribution in [0.1, 0.15) is 72.1 Å². The number of rotatable bonds is 13. The first kappa shape index (κ1) is 18.4. The van der Waals surface area contributed by atoms with E-state index in [1.165, 1.54) is 6.92 Å². The Kier molecular flexibility index (Phi) is 10.9. The molecule has 0 saturated heterocycles. The molecule has 0 spiro atoms. The molecule has 0 radical (unpaired) electrons. The molecule has 0 rings (SSSR count). The Morgan fingerprint density at radius 3 is 1.63 bits per heavy atom. The Bertz CT molecular complexity index is 214. The van der Waals surface area contributed by atoms with Crippen molar-refractivity contribution in [3.05, 3.63) is 0 Å². The highest BCUT2D eigenvalue weighted by molar-refractivity contribution is 5.75. The summed E-state index contributed by atoms with van der Waals surface area (Å²) >= 11 is 0. The number of carbonyl (C=O) groups is 1. The predicted octanol–water partition coefficient (Wildman–Crippen LogP) is 3.98. The van der Waals surface area contributed by atoms with Crippen molar-refractivity contribution in [1.82, 2.24) is 0 Å². The van der Waals surface area contributed by atoms with E-state index >= 15 is 0 Å². The Morgan fingerprint density at radius 1 is 0.895 bits per heavy atom. The van der Waals surface area contributed by atoms with Gasteiger partial charge in [0.25, 0.3) is 5.79 Å². The van der Waals surface area contributed by atoms with Gasteiger partial charge >= 0.3 is 5.97 Å². The highest BCUT2D eigenvalue weighted by Crippen LogP contribution is 2.15. The van der Waals surface area contributed by atoms with Crippen LogP contribution >= 0.6 is 0 Å². The minimum absolute atomic E-state index is 0.442. The van der Waals surface area contributed by atoms with Gasteiger partial charge in [0, 0.05) is 6.92 Å². The maximum atomic E-state index is 11.2. The monoisotopic (exact) mass is 274 g/mol. The van der Waals surface area contributed by atoms with Gasteiger partial charge in [0.2, 0.25) is 0 Å². The summed E-state index contributed by atoms with van der Waals surface area (Å²) in [6.45, 7) is 6.66. The summed E-state index contributed by atoms with van der Waals surface area (Å²) in [5.41, 5.74) is 0. The second-order valence-corrected chi connectivity index (χ2v) is 5.07. The van der Waals surface area contributed by atoms with Gasteiger partial charge in [-0.25, -0.2) is 4.79 Å². The van der Waals surface area contributed by atoms with E-state index in [1.807, 2.05) is 0 Å². The third-order valence-electron chi connectivity index (χ3n) is 3.14. The summed E-state index contributed by atoms with van der Waals surface area (Å²) in [6, 6.07) is 0. The number of unbranched alkanes of at least 4 members (excludes halogenated alkanes) is 6. The van der Waals surface area contributed by atoms with Crippen LogP contribution in [0.5, 0.6) is 0 Å². The maximum Gasteiger partial charge on any atom is 0.364 e. The first-order valence-corrected chi connectivity index (χ1v) is 7.58. The van der Waals surface area contributed by atoms with Crippen LogP contribution in [0.4, 0.5) is 0 Å². The number of hydrogen-bond acceptors (Lipinski definition) is 3. The summed E-state index contributed by atoms with van der Waals surface area (Å²) in [6.07, 6.45) is 8.54. The molecule has 0 aromatic rings. The molecular weight excluding hydrogens is 244 g/mol. The molecule has 0 aliphatic rings. The fraction of sp³-hybridized carbons (Fsp3) is 0.933. The predicted molar refractivity (Wildman–Crippen MR) is 76.2 cm³/mol. The zero-order valence-electron chi connectivity index (χ0n) is 12.7. The van der Waals surface area contributed by atoms with Crippen LogP contribution in [-0.4, -0.2) is 30.1 Å². The Morgan fingerprint density at radius 2 is 1.32 bits per heavy atom. The van der Waals surface area contributed by atoms with Crippen molar-refractivity contribution in [2.75, 3.05) is 13.2 Å². The molecule has 0 heterocycles. The third kappa shape index (κ3) is 9.00. The summed E-state index contributed by atoms with van der Waals surface area (Å²) in [5, 5.41) is 9.19. The second-order valence-electron chi connectivity index (χ2n) is 5.07. The number of carboxylic acid groups (broad SMARTS) is 1. The highest BCUT2D eigenvalue weighted by Gasteiger charge is 2.35. The normalized spacial score (nSPS) is 11.7. The summed E-state index contributed by atoms with van der Waals surface area (Å²) in [7, 11) is 0. The molecule has 0 saturated carbocycles. The second kappa shape index (κ2) is 11.2. The van der Waals surface area contributed by atoms with Crippen LogP contribution in [0, 0.1) is 0 Å². The third-order valence-corrected chi connectivity index (χ3v) is 3.14. The van der Waals surface area contributed by atoms with Gasteiger partial charge in [0.15, 0.2) is 0 Å². The Hall–Kier alpha value is -0.610. The van der Waals surface area contributed by atoms with Crippen molar-refractivity contribution in [1.29, 1.82) is 0 Å². The van der Waals surface area contributed by atoms with E-state index in [4.69, 9.17) is 9.47 Å². The summed E-state index contributed by atoms with van der Waals surface area (Å²) < 4.78 is 10.8. The lowest BCUT2D eigenvalue weighted by Crippen LogP contribution is -2.42. The molecule has 114 valence electrons. The topological polar surface area (TPSA) is 55.8 Å². The van der Waals surface area contributed by atoms with Gasteiger partial charge in [-0.3, -0.25) is 0 Å². The molecule has 0 unspecified atom stereocenters. The fourth-order valence-electron chi connectivity index (χ4n) is 1.76. The van der Waals surface area contributed by atoms with Crippen LogP contribution in [0.15, 0.2) is 0 Å². The van der Waals surface area contributed by atoms with Crippen LogP contribution in [0.2, 0.25) is 0 Å². The summed E-state index contributed by atoms with van der Waals surface area (Å²) in [4.78, 5) is 11.2. The van der Waals surface area contributed by atoms with Crippen LogP contribution in [0.25, 0.3) is 0 Å². The van der Waals surface area contributed by atoms with Gasteiger partial charge in [0.1, 0.15) is 0 Å². The minimum Gasteiger partial charge on any atom is -0.477 e. The van der Waals surface area contributed by atoms with Gasteiger partial charge in [-0.2, -0.15) is 0 Å². The van der Waals surface area contributed by atoms with E-state index in [1.54, 1.807) is 0 Å². The molecule has 0 aromatic heterocycles. The largest absolute Gasteiger partial charge is 0.477 e. The molecule has 0 fully saturated rings. The molecule has 0 aromatic carbocycles. The van der Waals surface area contributed by atoms with Crippen LogP contribution in [-0.2, 0) is 14.3 Å². The lowest BCUT2D eigenvalue weighted by molar-refractivity contribution is -0.237. The SMILES string of the molecule is CCCCCCOC(C)(OCCCCCC)C(=O)O. The number of aliphatic carboxylic acids is 1. The van der Waals surface area contributed by atoms with Gasteiger partial charge in [-0.05, 0) is 12.8 Å². The molecule has 0 atom stereocenters. The number of ether oxygens (including phenoxy) is 2. The van der Waals surface area contributed by atoms with Crippen molar-refractivity contribution in [3.8, 4) is 0 Å². The fourth-order valence-corrected chi connectivity index (χ4v) is 1.76. The van der Waals surface area contributed by atoms with E-state index in [0.29, 0.717) is 13.2 Å². The minimum atomic E-state index is -1.49. The van der Waals surface area contributed by atoms with Crippen LogP contribution in [0.3, 0.4) is 0 Å².